The minimum atomic E-state index is -0.393. The molecular formula is C17H10BrClN2O. The van der Waals surface area contributed by atoms with Crippen molar-refractivity contribution in [2.45, 2.75) is 5.92 Å². The van der Waals surface area contributed by atoms with Crippen LogP contribution in [0.5, 0.6) is 0 Å². The molecule has 0 saturated heterocycles. The second-order valence-electron chi connectivity index (χ2n) is 5.20. The molecule has 0 spiro atoms. The number of hydrogen-bond acceptors (Lipinski definition) is 2. The molecule has 1 aliphatic rings. The summed E-state index contributed by atoms with van der Waals surface area (Å²) in [6.45, 7) is 0. The van der Waals surface area contributed by atoms with Crippen molar-refractivity contribution in [2.75, 3.05) is 5.32 Å². The van der Waals surface area contributed by atoms with Crippen LogP contribution >= 0.6 is 27.5 Å². The molecule has 1 unspecified atom stereocenters. The number of hydrogen-bond donors (Lipinski definition) is 1. The van der Waals surface area contributed by atoms with Crippen molar-refractivity contribution in [1.82, 2.24) is 4.98 Å². The Morgan fingerprint density at radius 2 is 2.00 bits per heavy atom. The third kappa shape index (κ3) is 2.11. The lowest BCUT2D eigenvalue weighted by Gasteiger charge is -2.10. The number of fused-ring (bicyclic) bond motifs is 2. The normalized spacial score (nSPS) is 16.6. The first-order valence-corrected chi connectivity index (χ1v) is 7.96. The zero-order valence-electron chi connectivity index (χ0n) is 11.3. The van der Waals surface area contributed by atoms with Gasteiger partial charge in [0, 0.05) is 20.6 Å². The molecule has 3 nitrogen and oxygen atoms in total. The molecule has 0 fully saturated rings. The van der Waals surface area contributed by atoms with E-state index in [1.165, 1.54) is 0 Å². The maximum absolute atomic E-state index is 12.4. The molecule has 1 atom stereocenters. The van der Waals surface area contributed by atoms with E-state index in [1.807, 2.05) is 48.5 Å². The standard InChI is InChI=1S/C17H10BrClN2O/c18-9-4-6-14-11(8-9)16(17(22)21-14)15-7-5-10-12(19)2-1-3-13(10)20-15/h1-8,16H,(H,21,22). The number of anilines is 1. The van der Waals surface area contributed by atoms with Gasteiger partial charge in [0.25, 0.3) is 0 Å². The highest BCUT2D eigenvalue weighted by molar-refractivity contribution is 9.10. The predicted molar refractivity (Wildman–Crippen MR) is 91.4 cm³/mol. The number of rotatable bonds is 1. The number of nitrogens with one attached hydrogen (secondary N) is 1. The van der Waals surface area contributed by atoms with Gasteiger partial charge >= 0.3 is 0 Å². The van der Waals surface area contributed by atoms with Crippen LogP contribution in [0, 0.1) is 0 Å². The Morgan fingerprint density at radius 1 is 1.14 bits per heavy atom. The quantitative estimate of drug-likeness (QED) is 0.670. The van der Waals surface area contributed by atoms with Crippen LogP contribution in [-0.2, 0) is 4.79 Å². The molecule has 3 aromatic rings. The van der Waals surface area contributed by atoms with Crippen LogP contribution in [-0.4, -0.2) is 10.9 Å². The summed E-state index contributed by atoms with van der Waals surface area (Å²) in [7, 11) is 0. The number of carbonyl (C=O) groups is 1. The summed E-state index contributed by atoms with van der Waals surface area (Å²) in [5, 5.41) is 4.46. The topological polar surface area (TPSA) is 42.0 Å². The van der Waals surface area contributed by atoms with Crippen LogP contribution in [0.2, 0.25) is 5.02 Å². The molecule has 1 N–H and O–H groups in total. The molecule has 4 rings (SSSR count). The number of pyridine rings is 1. The van der Waals surface area contributed by atoms with Crippen molar-refractivity contribution in [2.24, 2.45) is 0 Å². The van der Waals surface area contributed by atoms with E-state index in [2.05, 4.69) is 26.2 Å². The van der Waals surface area contributed by atoms with E-state index in [1.54, 1.807) is 0 Å². The van der Waals surface area contributed by atoms with E-state index >= 15 is 0 Å². The van der Waals surface area contributed by atoms with Gasteiger partial charge in [0.2, 0.25) is 5.91 Å². The average molecular weight is 374 g/mol. The molecular weight excluding hydrogens is 364 g/mol. The fraction of sp³-hybridized carbons (Fsp3) is 0.0588. The Bertz CT molecular complexity index is 926. The second kappa shape index (κ2) is 5.07. The first-order valence-electron chi connectivity index (χ1n) is 6.79. The van der Waals surface area contributed by atoms with Crippen molar-refractivity contribution in [1.29, 1.82) is 0 Å². The van der Waals surface area contributed by atoms with E-state index < -0.39 is 5.92 Å². The van der Waals surface area contributed by atoms with E-state index in [9.17, 15) is 4.79 Å². The van der Waals surface area contributed by atoms with Gasteiger partial charge in [-0.1, -0.05) is 33.6 Å². The lowest BCUT2D eigenvalue weighted by Crippen LogP contribution is -2.14. The summed E-state index contributed by atoms with van der Waals surface area (Å²) in [5.41, 5.74) is 3.30. The third-order valence-corrected chi connectivity index (χ3v) is 4.66. The van der Waals surface area contributed by atoms with Gasteiger partial charge in [-0.25, -0.2) is 0 Å². The van der Waals surface area contributed by atoms with Crippen LogP contribution < -0.4 is 5.32 Å². The highest BCUT2D eigenvalue weighted by Gasteiger charge is 2.33. The maximum atomic E-state index is 12.4. The summed E-state index contributed by atoms with van der Waals surface area (Å²) in [6, 6.07) is 15.2. The van der Waals surface area contributed by atoms with Crippen molar-refractivity contribution >= 4 is 50.0 Å². The summed E-state index contributed by atoms with van der Waals surface area (Å²) in [4.78, 5) is 17.0. The Labute approximate surface area is 140 Å². The summed E-state index contributed by atoms with van der Waals surface area (Å²) < 4.78 is 0.941. The van der Waals surface area contributed by atoms with Gasteiger partial charge in [-0.05, 0) is 48.0 Å². The van der Waals surface area contributed by atoms with Crippen LogP contribution in [0.25, 0.3) is 10.9 Å². The van der Waals surface area contributed by atoms with Crippen LogP contribution in [0.4, 0.5) is 5.69 Å². The Hall–Kier alpha value is -1.91. The molecule has 5 heteroatoms. The summed E-state index contributed by atoms with van der Waals surface area (Å²) >= 11 is 9.63. The van der Waals surface area contributed by atoms with Crippen molar-refractivity contribution < 1.29 is 4.79 Å². The van der Waals surface area contributed by atoms with E-state index in [4.69, 9.17) is 11.6 Å². The number of aromatic nitrogens is 1. The highest BCUT2D eigenvalue weighted by atomic mass is 79.9. The predicted octanol–water partition coefficient (Wildman–Crippen LogP) is 4.73. The van der Waals surface area contributed by atoms with Crippen LogP contribution in [0.15, 0.2) is 53.0 Å². The van der Waals surface area contributed by atoms with Crippen molar-refractivity contribution in [3.05, 3.63) is 69.3 Å². The summed E-state index contributed by atoms with van der Waals surface area (Å²) in [6.07, 6.45) is 0. The van der Waals surface area contributed by atoms with Crippen molar-refractivity contribution in [3.63, 3.8) is 0 Å². The Kier molecular flexibility index (Phi) is 3.17. The number of halogens is 2. The SMILES string of the molecule is O=C1Nc2ccc(Br)cc2C1c1ccc2c(Cl)cccc2n1. The molecule has 2 heterocycles. The zero-order chi connectivity index (χ0) is 15.3. The Morgan fingerprint density at radius 3 is 2.86 bits per heavy atom. The average Bonchev–Trinajstić information content (AvgIpc) is 2.82. The third-order valence-electron chi connectivity index (χ3n) is 3.84. The van der Waals surface area contributed by atoms with E-state index in [0.717, 1.165) is 32.3 Å². The minimum Gasteiger partial charge on any atom is -0.325 e. The van der Waals surface area contributed by atoms with E-state index in [-0.39, 0.29) is 5.91 Å². The molecule has 108 valence electrons. The highest BCUT2D eigenvalue weighted by Crippen LogP contribution is 2.38. The van der Waals surface area contributed by atoms with Crippen LogP contribution in [0.3, 0.4) is 0 Å². The number of carbonyl (C=O) groups excluding carboxylic acids is 1. The fourth-order valence-corrected chi connectivity index (χ4v) is 3.43. The molecule has 0 radical (unpaired) electrons. The lowest BCUT2D eigenvalue weighted by atomic mass is 9.96. The number of nitrogens with zero attached hydrogens (tertiary/aromatic N) is 1. The monoisotopic (exact) mass is 372 g/mol. The van der Waals surface area contributed by atoms with Gasteiger partial charge in [0.15, 0.2) is 0 Å². The Balaban J connectivity index is 1.89. The van der Waals surface area contributed by atoms with Gasteiger partial charge in [0.1, 0.15) is 5.92 Å². The smallest absolute Gasteiger partial charge is 0.238 e. The minimum absolute atomic E-state index is 0.0537. The van der Waals surface area contributed by atoms with E-state index in [0.29, 0.717) is 5.02 Å². The summed E-state index contributed by atoms with van der Waals surface area (Å²) in [5.74, 6) is -0.446. The van der Waals surface area contributed by atoms with Gasteiger partial charge in [-0.3, -0.25) is 9.78 Å². The first-order chi connectivity index (χ1) is 10.6. The molecule has 0 bridgehead atoms. The molecule has 0 aliphatic carbocycles. The van der Waals surface area contributed by atoms with Crippen molar-refractivity contribution in [3.8, 4) is 0 Å². The largest absolute Gasteiger partial charge is 0.325 e. The molecule has 2 aromatic carbocycles. The van der Waals surface area contributed by atoms with Gasteiger partial charge in [-0.15, -0.1) is 0 Å². The first kappa shape index (κ1) is 13.7. The molecule has 0 saturated carbocycles. The molecule has 1 aromatic heterocycles. The molecule has 1 amide bonds. The lowest BCUT2D eigenvalue weighted by molar-refractivity contribution is -0.116. The molecule has 22 heavy (non-hydrogen) atoms. The second-order valence-corrected chi connectivity index (χ2v) is 6.52. The zero-order valence-corrected chi connectivity index (χ0v) is 13.6. The number of benzene rings is 2. The molecule has 1 aliphatic heterocycles. The number of amides is 1. The fourth-order valence-electron chi connectivity index (χ4n) is 2.82. The van der Waals surface area contributed by atoms with Crippen LogP contribution in [0.1, 0.15) is 17.2 Å². The van der Waals surface area contributed by atoms with Gasteiger partial charge < -0.3 is 5.32 Å². The van der Waals surface area contributed by atoms with Gasteiger partial charge in [-0.2, -0.15) is 0 Å². The van der Waals surface area contributed by atoms with Gasteiger partial charge in [0.05, 0.1) is 11.2 Å². The maximum Gasteiger partial charge on any atom is 0.238 e.